The highest BCUT2D eigenvalue weighted by Gasteiger charge is 2.23. The number of benzene rings is 2. The zero-order chi connectivity index (χ0) is 22.4. The Morgan fingerprint density at radius 2 is 1.59 bits per heavy atom. The molecule has 3 heterocycles. The van der Waals surface area contributed by atoms with Crippen LogP contribution < -0.4 is 10.6 Å². The third kappa shape index (κ3) is 4.05. The second-order valence-electron chi connectivity index (χ2n) is 9.15. The van der Waals surface area contributed by atoms with E-state index in [1.165, 1.54) is 0 Å². The van der Waals surface area contributed by atoms with E-state index in [-0.39, 0.29) is 11.7 Å². The number of piperazine rings is 1. The molecule has 2 saturated heterocycles. The lowest BCUT2D eigenvalue weighted by Crippen LogP contribution is -2.44. The van der Waals surface area contributed by atoms with Crippen molar-refractivity contribution in [2.75, 3.05) is 58.3 Å². The number of rotatable bonds is 3. The molecule has 2 aliphatic heterocycles. The number of aromatic amines is 1. The molecule has 2 aliphatic rings. The summed E-state index contributed by atoms with van der Waals surface area (Å²) in [6.07, 6.45) is 1.94. The van der Waals surface area contributed by atoms with E-state index in [9.17, 15) is 4.79 Å². The Bertz CT molecular complexity index is 1190. The molecule has 8 heteroatoms. The second-order valence-corrected chi connectivity index (χ2v) is 9.93. The van der Waals surface area contributed by atoms with Crippen molar-refractivity contribution in [3.63, 3.8) is 0 Å². The van der Waals surface area contributed by atoms with Crippen LogP contribution in [0.2, 0.25) is 10.0 Å². The van der Waals surface area contributed by atoms with Crippen LogP contribution in [-0.2, 0) is 0 Å². The number of imidazole rings is 1. The Morgan fingerprint density at radius 1 is 0.906 bits per heavy atom. The van der Waals surface area contributed by atoms with Crippen LogP contribution >= 0.6 is 23.2 Å². The van der Waals surface area contributed by atoms with Gasteiger partial charge in [0.15, 0.2) is 0 Å². The molecule has 0 saturated carbocycles. The first kappa shape index (κ1) is 21.8. The third-order valence-corrected chi connectivity index (χ3v) is 7.77. The van der Waals surface area contributed by atoms with Crippen molar-refractivity contribution in [2.45, 2.75) is 18.9 Å². The molecule has 2 aromatic carbocycles. The van der Waals surface area contributed by atoms with E-state index in [1.807, 2.05) is 22.8 Å². The van der Waals surface area contributed by atoms with Crippen molar-refractivity contribution >= 4 is 39.9 Å². The van der Waals surface area contributed by atoms with Crippen LogP contribution in [0.15, 0.2) is 35.1 Å². The zero-order valence-electron chi connectivity index (χ0n) is 18.6. The topological polar surface area (TPSA) is 47.5 Å². The number of anilines is 1. The van der Waals surface area contributed by atoms with Crippen molar-refractivity contribution in [2.24, 2.45) is 0 Å². The number of halogens is 2. The molecular formula is C24H29Cl2N5O. The van der Waals surface area contributed by atoms with Crippen LogP contribution in [0, 0.1) is 0 Å². The van der Waals surface area contributed by atoms with Gasteiger partial charge in [0.1, 0.15) is 0 Å². The highest BCUT2D eigenvalue weighted by Crippen LogP contribution is 2.39. The van der Waals surface area contributed by atoms with Gasteiger partial charge in [-0.2, -0.15) is 0 Å². The fourth-order valence-electron chi connectivity index (χ4n) is 4.94. The van der Waals surface area contributed by atoms with Gasteiger partial charge in [0, 0.05) is 43.5 Å². The molecule has 0 amide bonds. The van der Waals surface area contributed by atoms with Gasteiger partial charge in [0.2, 0.25) is 0 Å². The van der Waals surface area contributed by atoms with Crippen LogP contribution in [0.1, 0.15) is 18.9 Å². The molecule has 0 atom stereocenters. The van der Waals surface area contributed by atoms with Crippen molar-refractivity contribution < 1.29 is 0 Å². The lowest BCUT2D eigenvalue weighted by molar-refractivity contribution is 0.221. The number of likely N-dealkylation sites (tertiary alicyclic amines) is 1. The Kier molecular flexibility index (Phi) is 5.97. The summed E-state index contributed by atoms with van der Waals surface area (Å²) in [7, 11) is 4.28. The standard InChI is InChI=1S/C24H29Cl2N5O/c1-28-7-5-17(6-8-28)31-22-13-16(3-4-21(22)27-24(31)32)19-14-18(15-20(25)23(19)26)30-11-9-29(2)10-12-30/h3-4,13-15,17H,5-12H2,1-2H3,(H,27,32). The number of nitrogens with zero attached hydrogens (tertiary/aromatic N) is 4. The van der Waals surface area contributed by atoms with Crippen LogP contribution in [-0.4, -0.2) is 72.7 Å². The quantitative estimate of drug-likeness (QED) is 0.614. The fraction of sp³-hybridized carbons (Fsp3) is 0.458. The summed E-state index contributed by atoms with van der Waals surface area (Å²) in [6.45, 7) is 5.96. The summed E-state index contributed by atoms with van der Waals surface area (Å²) in [5.41, 5.74) is 4.71. The molecule has 0 spiro atoms. The minimum absolute atomic E-state index is 0.0398. The predicted octanol–water partition coefficient (Wildman–Crippen LogP) is 4.32. The molecule has 0 aliphatic carbocycles. The van der Waals surface area contributed by atoms with Crippen molar-refractivity contribution in [3.8, 4) is 11.1 Å². The summed E-state index contributed by atoms with van der Waals surface area (Å²) >= 11 is 13.3. The SMILES string of the molecule is CN1CCC(n2c(=O)[nH]c3ccc(-c4cc(N5CCN(C)CC5)cc(Cl)c4Cl)cc32)CC1. The number of hydrogen-bond acceptors (Lipinski definition) is 4. The van der Waals surface area contributed by atoms with E-state index in [0.29, 0.717) is 10.0 Å². The van der Waals surface area contributed by atoms with Crippen LogP contribution in [0.4, 0.5) is 5.69 Å². The summed E-state index contributed by atoms with van der Waals surface area (Å²) in [6, 6.07) is 10.4. The molecule has 1 N–H and O–H groups in total. The van der Waals surface area contributed by atoms with E-state index in [2.05, 4.69) is 45.9 Å². The monoisotopic (exact) mass is 473 g/mol. The molecule has 170 valence electrons. The van der Waals surface area contributed by atoms with Gasteiger partial charge in [-0.15, -0.1) is 0 Å². The number of fused-ring (bicyclic) bond motifs is 1. The van der Waals surface area contributed by atoms with Crippen molar-refractivity contribution in [1.29, 1.82) is 0 Å². The number of aromatic nitrogens is 2. The second kappa shape index (κ2) is 8.75. The molecule has 0 unspecified atom stereocenters. The van der Waals surface area contributed by atoms with Crippen LogP contribution in [0.5, 0.6) is 0 Å². The molecule has 5 rings (SSSR count). The van der Waals surface area contributed by atoms with Crippen molar-refractivity contribution in [3.05, 3.63) is 50.9 Å². The Hall–Kier alpha value is -1.99. The Balaban J connectivity index is 1.56. The lowest BCUT2D eigenvalue weighted by atomic mass is 10.0. The molecule has 1 aromatic heterocycles. The first-order valence-electron chi connectivity index (χ1n) is 11.3. The average Bonchev–Trinajstić information content (AvgIpc) is 3.11. The van der Waals surface area contributed by atoms with E-state index in [4.69, 9.17) is 23.2 Å². The van der Waals surface area contributed by atoms with E-state index in [0.717, 1.165) is 80.0 Å². The minimum atomic E-state index is -0.0398. The molecular weight excluding hydrogens is 445 g/mol. The van der Waals surface area contributed by atoms with E-state index in [1.54, 1.807) is 0 Å². The largest absolute Gasteiger partial charge is 0.369 e. The highest BCUT2D eigenvalue weighted by molar-refractivity contribution is 6.44. The molecule has 6 nitrogen and oxygen atoms in total. The number of nitrogens with one attached hydrogen (secondary N) is 1. The molecule has 32 heavy (non-hydrogen) atoms. The molecule has 0 radical (unpaired) electrons. The van der Waals surface area contributed by atoms with Gasteiger partial charge in [-0.25, -0.2) is 4.79 Å². The number of H-pyrrole nitrogens is 1. The van der Waals surface area contributed by atoms with Gasteiger partial charge in [-0.1, -0.05) is 29.3 Å². The third-order valence-electron chi connectivity index (χ3n) is 6.96. The van der Waals surface area contributed by atoms with E-state index >= 15 is 0 Å². The molecule has 0 bridgehead atoms. The maximum absolute atomic E-state index is 12.8. The van der Waals surface area contributed by atoms with Gasteiger partial charge in [0.25, 0.3) is 0 Å². The molecule has 3 aromatic rings. The van der Waals surface area contributed by atoms with E-state index < -0.39 is 0 Å². The summed E-state index contributed by atoms with van der Waals surface area (Å²) in [5.74, 6) is 0. The van der Waals surface area contributed by atoms with Gasteiger partial charge < -0.3 is 19.7 Å². The Morgan fingerprint density at radius 3 is 2.31 bits per heavy atom. The first-order valence-corrected chi connectivity index (χ1v) is 12.0. The maximum atomic E-state index is 12.8. The maximum Gasteiger partial charge on any atom is 0.326 e. The van der Waals surface area contributed by atoms with Crippen molar-refractivity contribution in [1.82, 2.24) is 19.4 Å². The fourth-order valence-corrected chi connectivity index (χ4v) is 5.37. The summed E-state index contributed by atoms with van der Waals surface area (Å²) in [4.78, 5) is 22.8. The van der Waals surface area contributed by atoms with Gasteiger partial charge >= 0.3 is 5.69 Å². The van der Waals surface area contributed by atoms with Crippen LogP contribution in [0.3, 0.4) is 0 Å². The highest BCUT2D eigenvalue weighted by atomic mass is 35.5. The smallest absolute Gasteiger partial charge is 0.326 e. The summed E-state index contributed by atoms with van der Waals surface area (Å²) < 4.78 is 1.94. The van der Waals surface area contributed by atoms with Crippen LogP contribution in [0.25, 0.3) is 22.2 Å². The lowest BCUT2D eigenvalue weighted by Gasteiger charge is -2.34. The minimum Gasteiger partial charge on any atom is -0.369 e. The van der Waals surface area contributed by atoms with Gasteiger partial charge in [0.05, 0.1) is 21.1 Å². The predicted molar refractivity (Wildman–Crippen MR) is 133 cm³/mol. The normalized spacial score (nSPS) is 19.2. The van der Waals surface area contributed by atoms with Gasteiger partial charge in [-0.3, -0.25) is 4.57 Å². The zero-order valence-corrected chi connectivity index (χ0v) is 20.1. The first-order chi connectivity index (χ1) is 15.4. The number of likely N-dealkylation sites (N-methyl/N-ethyl adjacent to an activating group) is 1. The van der Waals surface area contributed by atoms with Gasteiger partial charge in [-0.05, 0) is 69.9 Å². The number of hydrogen-bond donors (Lipinski definition) is 1. The summed E-state index contributed by atoms with van der Waals surface area (Å²) in [5, 5.41) is 1.10. The Labute approximate surface area is 198 Å². The number of piperidine rings is 1. The molecule has 2 fully saturated rings. The average molecular weight is 474 g/mol.